The van der Waals surface area contributed by atoms with E-state index in [0.29, 0.717) is 35.6 Å². The zero-order valence-corrected chi connectivity index (χ0v) is 18.8. The van der Waals surface area contributed by atoms with Gasteiger partial charge in [-0.05, 0) is 61.2 Å². The molecule has 1 aliphatic rings. The highest BCUT2D eigenvalue weighted by atomic mass is 16.5. The fourth-order valence-electron chi connectivity index (χ4n) is 4.05. The van der Waals surface area contributed by atoms with Gasteiger partial charge in [0.05, 0.1) is 25.3 Å². The molecule has 170 valence electrons. The molecule has 1 fully saturated rings. The number of carbonyl (C=O) groups excluding carboxylic acids is 2. The molecule has 2 aromatic rings. The van der Waals surface area contributed by atoms with Gasteiger partial charge < -0.3 is 24.6 Å². The lowest BCUT2D eigenvalue weighted by Gasteiger charge is -2.25. The van der Waals surface area contributed by atoms with Crippen LogP contribution < -0.4 is 9.47 Å². The Kier molecular flexibility index (Phi) is 7.20. The maximum absolute atomic E-state index is 13.1. The number of carbonyl (C=O) groups is 2. The van der Waals surface area contributed by atoms with Crippen LogP contribution in [0.25, 0.3) is 5.76 Å². The van der Waals surface area contributed by atoms with Gasteiger partial charge in [-0.2, -0.15) is 0 Å². The minimum atomic E-state index is -0.741. The van der Waals surface area contributed by atoms with Gasteiger partial charge in [-0.3, -0.25) is 9.59 Å². The van der Waals surface area contributed by atoms with Crippen molar-refractivity contribution in [2.75, 3.05) is 26.9 Å². The van der Waals surface area contributed by atoms with E-state index in [1.165, 1.54) is 4.90 Å². The summed E-state index contributed by atoms with van der Waals surface area (Å²) in [4.78, 5) is 27.4. The van der Waals surface area contributed by atoms with Crippen molar-refractivity contribution in [1.29, 1.82) is 0 Å². The number of ketones is 1. The monoisotopic (exact) mass is 439 g/mol. The average molecular weight is 440 g/mol. The summed E-state index contributed by atoms with van der Waals surface area (Å²) in [5, 5.41) is 20.3. The number of aliphatic hydroxyl groups excluding tert-OH is 2. The van der Waals surface area contributed by atoms with E-state index in [1.807, 2.05) is 20.8 Å². The van der Waals surface area contributed by atoms with Crippen LogP contribution in [0.15, 0.2) is 42.0 Å². The zero-order chi connectivity index (χ0) is 23.4. The molecule has 0 saturated carbocycles. The SMILES string of the molecule is CCCN1C(=O)C(=O)/C(=C(/O)c2cc(C)c(OC)cc2C)C1c1cccc(OCCO)c1. The Labute approximate surface area is 187 Å². The lowest BCUT2D eigenvalue weighted by Crippen LogP contribution is -2.30. The highest BCUT2D eigenvalue weighted by molar-refractivity contribution is 6.46. The average Bonchev–Trinajstić information content (AvgIpc) is 3.04. The second-order valence-corrected chi connectivity index (χ2v) is 7.77. The number of methoxy groups -OCH3 is 1. The summed E-state index contributed by atoms with van der Waals surface area (Å²) >= 11 is 0. The van der Waals surface area contributed by atoms with Gasteiger partial charge in [-0.1, -0.05) is 19.1 Å². The van der Waals surface area contributed by atoms with E-state index in [-0.39, 0.29) is 24.5 Å². The first-order chi connectivity index (χ1) is 15.3. The number of nitrogens with zero attached hydrogens (tertiary/aromatic N) is 1. The normalized spacial score (nSPS) is 17.7. The number of benzene rings is 2. The van der Waals surface area contributed by atoms with Gasteiger partial charge in [-0.15, -0.1) is 0 Å². The molecule has 7 nitrogen and oxygen atoms in total. The van der Waals surface area contributed by atoms with Gasteiger partial charge in [0, 0.05) is 12.1 Å². The molecule has 1 unspecified atom stereocenters. The van der Waals surface area contributed by atoms with Crippen molar-refractivity contribution in [2.45, 2.75) is 33.2 Å². The third-order valence-electron chi connectivity index (χ3n) is 5.54. The Hall–Kier alpha value is -3.32. The third-order valence-corrected chi connectivity index (χ3v) is 5.54. The fourth-order valence-corrected chi connectivity index (χ4v) is 4.05. The van der Waals surface area contributed by atoms with E-state index >= 15 is 0 Å². The van der Waals surface area contributed by atoms with Crippen LogP contribution in [0.4, 0.5) is 0 Å². The van der Waals surface area contributed by atoms with Crippen molar-refractivity contribution >= 4 is 17.4 Å². The Morgan fingerprint density at radius 1 is 1.12 bits per heavy atom. The Morgan fingerprint density at radius 3 is 2.53 bits per heavy atom. The predicted octanol–water partition coefficient (Wildman–Crippen LogP) is 3.51. The van der Waals surface area contributed by atoms with Crippen LogP contribution in [-0.4, -0.2) is 53.7 Å². The van der Waals surface area contributed by atoms with E-state index < -0.39 is 17.7 Å². The molecule has 0 radical (unpaired) electrons. The summed E-state index contributed by atoms with van der Waals surface area (Å²) in [7, 11) is 1.57. The largest absolute Gasteiger partial charge is 0.507 e. The van der Waals surface area contributed by atoms with E-state index in [4.69, 9.17) is 14.6 Å². The second-order valence-electron chi connectivity index (χ2n) is 7.77. The van der Waals surface area contributed by atoms with Crippen molar-refractivity contribution in [2.24, 2.45) is 0 Å². The lowest BCUT2D eigenvalue weighted by molar-refractivity contribution is -0.139. The molecule has 0 spiro atoms. The molecular formula is C25H29NO6. The van der Waals surface area contributed by atoms with Crippen LogP contribution in [0, 0.1) is 13.8 Å². The number of aryl methyl sites for hydroxylation is 2. The standard InChI is InChI=1S/C25H29NO6/c1-5-9-26-22(17-7-6-8-18(14-17)32-11-10-27)21(24(29)25(26)30)23(28)19-12-16(3)20(31-4)13-15(19)2/h6-8,12-14,22,27-28H,5,9-11H2,1-4H3/b23-21+. The number of amides is 1. The van der Waals surface area contributed by atoms with Crippen LogP contribution >= 0.6 is 0 Å². The molecule has 3 rings (SSSR count). The first-order valence-corrected chi connectivity index (χ1v) is 10.6. The van der Waals surface area contributed by atoms with Crippen LogP contribution in [0.5, 0.6) is 11.5 Å². The van der Waals surface area contributed by atoms with Gasteiger partial charge in [0.1, 0.15) is 23.9 Å². The summed E-state index contributed by atoms with van der Waals surface area (Å²) in [6, 6.07) is 9.84. The van der Waals surface area contributed by atoms with Crippen molar-refractivity contribution in [3.8, 4) is 11.5 Å². The Morgan fingerprint density at radius 2 is 1.88 bits per heavy atom. The van der Waals surface area contributed by atoms with Gasteiger partial charge >= 0.3 is 0 Å². The van der Waals surface area contributed by atoms with Crippen LogP contribution in [-0.2, 0) is 9.59 Å². The molecule has 1 amide bonds. The quantitative estimate of drug-likeness (QED) is 0.371. The number of hydrogen-bond donors (Lipinski definition) is 2. The molecule has 1 atom stereocenters. The smallest absolute Gasteiger partial charge is 0.295 e. The van der Waals surface area contributed by atoms with Crippen LogP contribution in [0.3, 0.4) is 0 Å². The molecule has 1 heterocycles. The third kappa shape index (κ3) is 4.34. The van der Waals surface area contributed by atoms with Crippen molar-refractivity contribution in [1.82, 2.24) is 4.90 Å². The lowest BCUT2D eigenvalue weighted by atomic mass is 9.93. The number of rotatable bonds is 8. The molecular weight excluding hydrogens is 410 g/mol. The summed E-state index contributed by atoms with van der Waals surface area (Å²) in [6.45, 7) is 5.96. The van der Waals surface area contributed by atoms with Gasteiger partial charge in [0.15, 0.2) is 0 Å². The van der Waals surface area contributed by atoms with Crippen molar-refractivity contribution in [3.63, 3.8) is 0 Å². The molecule has 1 saturated heterocycles. The number of likely N-dealkylation sites (tertiary alicyclic amines) is 1. The zero-order valence-electron chi connectivity index (χ0n) is 18.8. The Balaban J connectivity index is 2.19. The summed E-state index contributed by atoms with van der Waals surface area (Å²) in [5.41, 5.74) is 2.72. The van der Waals surface area contributed by atoms with E-state index in [9.17, 15) is 14.7 Å². The predicted molar refractivity (Wildman–Crippen MR) is 121 cm³/mol. The first kappa shape index (κ1) is 23.3. The second kappa shape index (κ2) is 9.87. The minimum absolute atomic E-state index is 0.0513. The number of hydrogen-bond acceptors (Lipinski definition) is 6. The molecule has 1 aliphatic heterocycles. The fraction of sp³-hybridized carbons (Fsp3) is 0.360. The molecule has 0 bridgehead atoms. The minimum Gasteiger partial charge on any atom is -0.507 e. The Bertz CT molecular complexity index is 1060. The molecule has 2 N–H and O–H groups in total. The topological polar surface area (TPSA) is 96.3 Å². The first-order valence-electron chi connectivity index (χ1n) is 10.6. The van der Waals surface area contributed by atoms with E-state index in [1.54, 1.807) is 43.5 Å². The van der Waals surface area contributed by atoms with E-state index in [0.717, 1.165) is 11.1 Å². The molecule has 7 heteroatoms. The molecule has 0 aromatic heterocycles. The number of ether oxygens (including phenoxy) is 2. The molecule has 32 heavy (non-hydrogen) atoms. The van der Waals surface area contributed by atoms with Gasteiger partial charge in [-0.25, -0.2) is 0 Å². The van der Waals surface area contributed by atoms with Gasteiger partial charge in [0.2, 0.25) is 0 Å². The highest BCUT2D eigenvalue weighted by Gasteiger charge is 2.45. The van der Waals surface area contributed by atoms with E-state index in [2.05, 4.69) is 0 Å². The summed E-state index contributed by atoms with van der Waals surface area (Å²) < 4.78 is 10.9. The number of Topliss-reactive ketones (excluding diaryl/α,β-unsaturated/α-hetero) is 1. The highest BCUT2D eigenvalue weighted by Crippen LogP contribution is 2.41. The summed E-state index contributed by atoms with van der Waals surface area (Å²) in [5.74, 6) is -0.374. The number of aliphatic hydroxyl groups is 2. The van der Waals surface area contributed by atoms with Crippen molar-refractivity contribution in [3.05, 3.63) is 64.2 Å². The van der Waals surface area contributed by atoms with Gasteiger partial charge in [0.25, 0.3) is 11.7 Å². The maximum Gasteiger partial charge on any atom is 0.295 e. The maximum atomic E-state index is 13.1. The van der Waals surface area contributed by atoms with Crippen LogP contribution in [0.2, 0.25) is 0 Å². The summed E-state index contributed by atoms with van der Waals surface area (Å²) in [6.07, 6.45) is 0.658. The molecule has 2 aromatic carbocycles. The van der Waals surface area contributed by atoms with Crippen LogP contribution in [0.1, 0.15) is 41.6 Å². The molecule has 0 aliphatic carbocycles. The van der Waals surface area contributed by atoms with Crippen molar-refractivity contribution < 1.29 is 29.3 Å².